The van der Waals surface area contributed by atoms with E-state index >= 15 is 0 Å². The molecule has 1 aromatic heterocycles. The normalized spacial score (nSPS) is 8.62. The Morgan fingerprint density at radius 2 is 2.38 bits per heavy atom. The van der Waals surface area contributed by atoms with Crippen LogP contribution in [0.15, 0.2) is 18.5 Å². The Hall–Kier alpha value is -0.390. The van der Waals surface area contributed by atoms with Crippen LogP contribution in [0.4, 0.5) is 5.69 Å². The van der Waals surface area contributed by atoms with E-state index in [0.717, 1.165) is 5.69 Å². The zero-order chi connectivity index (χ0) is 5.82. The molecule has 0 amide bonds. The first-order chi connectivity index (χ1) is 3.93. The summed E-state index contributed by atoms with van der Waals surface area (Å²) in [5.74, 6) is 0. The van der Waals surface area contributed by atoms with Crippen molar-refractivity contribution in [3.63, 3.8) is 0 Å². The monoisotopic (exact) mass is 221 g/mol. The summed E-state index contributed by atoms with van der Waals surface area (Å²) in [6.45, 7) is 0. The van der Waals surface area contributed by atoms with Crippen LogP contribution in [0, 0.1) is 0 Å². The second-order valence-corrected chi connectivity index (χ2v) is 1.76. The van der Waals surface area contributed by atoms with Crippen LogP contribution in [0.1, 0.15) is 0 Å². The molecule has 3 nitrogen and oxygen atoms in total. The van der Waals surface area contributed by atoms with Gasteiger partial charge < -0.3 is 3.53 Å². The standard InChI is InChI=1S/C4H4IN3/c5-8-4-1-2-6-7-3-4/h1-3H,(H,6,8). The molecule has 0 aliphatic carbocycles. The van der Waals surface area contributed by atoms with Crippen LogP contribution in [0.25, 0.3) is 0 Å². The summed E-state index contributed by atoms with van der Waals surface area (Å²) in [6.07, 6.45) is 3.30. The fourth-order valence-electron chi connectivity index (χ4n) is 0.347. The molecule has 0 radical (unpaired) electrons. The number of nitrogens with zero attached hydrogens (tertiary/aromatic N) is 2. The summed E-state index contributed by atoms with van der Waals surface area (Å²) in [5, 5.41) is 7.24. The number of hydrogen-bond acceptors (Lipinski definition) is 3. The molecule has 0 saturated heterocycles. The summed E-state index contributed by atoms with van der Waals surface area (Å²) >= 11 is 2.04. The molecule has 1 N–H and O–H groups in total. The lowest BCUT2D eigenvalue weighted by Gasteiger charge is -1.90. The third-order valence-electron chi connectivity index (χ3n) is 0.693. The zero-order valence-corrected chi connectivity index (χ0v) is 6.16. The lowest BCUT2D eigenvalue weighted by atomic mass is 10.5. The van der Waals surface area contributed by atoms with E-state index in [-0.39, 0.29) is 0 Å². The van der Waals surface area contributed by atoms with Crippen molar-refractivity contribution in [1.82, 2.24) is 10.2 Å². The molecule has 0 aromatic carbocycles. The molecular formula is C4H4IN3. The van der Waals surface area contributed by atoms with Crippen molar-refractivity contribution in [3.8, 4) is 0 Å². The molecule has 0 unspecified atom stereocenters. The molecule has 42 valence electrons. The van der Waals surface area contributed by atoms with Gasteiger partial charge in [-0.2, -0.15) is 10.2 Å². The molecule has 4 heteroatoms. The Kier molecular flexibility index (Phi) is 2.01. The molecular weight excluding hydrogens is 217 g/mol. The number of halogens is 1. The first kappa shape index (κ1) is 5.74. The summed E-state index contributed by atoms with van der Waals surface area (Å²) in [5.41, 5.74) is 0.973. The molecule has 1 rings (SSSR count). The van der Waals surface area contributed by atoms with Crippen molar-refractivity contribution in [1.29, 1.82) is 0 Å². The summed E-state index contributed by atoms with van der Waals surface area (Å²) in [7, 11) is 0. The Bertz CT molecular complexity index is 153. The molecule has 0 aliphatic rings. The highest BCUT2D eigenvalue weighted by atomic mass is 127. The van der Waals surface area contributed by atoms with Gasteiger partial charge in [0, 0.05) is 0 Å². The molecule has 8 heavy (non-hydrogen) atoms. The number of anilines is 1. The van der Waals surface area contributed by atoms with E-state index in [2.05, 4.69) is 13.7 Å². The number of aromatic nitrogens is 2. The first-order valence-electron chi connectivity index (χ1n) is 2.07. The quantitative estimate of drug-likeness (QED) is 0.572. The minimum absolute atomic E-state index is 0.973. The molecule has 0 fully saturated rings. The summed E-state index contributed by atoms with van der Waals surface area (Å²) < 4.78 is 2.89. The Labute approximate surface area is 61.0 Å². The number of hydrogen-bond donors (Lipinski definition) is 1. The molecule has 1 heterocycles. The van der Waals surface area contributed by atoms with Crippen molar-refractivity contribution in [2.24, 2.45) is 0 Å². The Balaban J connectivity index is 2.83. The highest BCUT2D eigenvalue weighted by Crippen LogP contribution is 2.02. The van der Waals surface area contributed by atoms with Gasteiger partial charge in [-0.1, -0.05) is 0 Å². The van der Waals surface area contributed by atoms with Gasteiger partial charge in [0.25, 0.3) is 0 Å². The summed E-state index contributed by atoms with van der Waals surface area (Å²) in [4.78, 5) is 0. The van der Waals surface area contributed by atoms with Gasteiger partial charge in [-0.05, 0) is 6.07 Å². The van der Waals surface area contributed by atoms with Gasteiger partial charge in [0.1, 0.15) is 0 Å². The van der Waals surface area contributed by atoms with E-state index in [0.29, 0.717) is 0 Å². The third-order valence-corrected chi connectivity index (χ3v) is 1.32. The van der Waals surface area contributed by atoms with Crippen LogP contribution < -0.4 is 3.53 Å². The van der Waals surface area contributed by atoms with E-state index < -0.39 is 0 Å². The van der Waals surface area contributed by atoms with Crippen molar-refractivity contribution in [3.05, 3.63) is 18.5 Å². The van der Waals surface area contributed by atoms with Gasteiger partial charge in [-0.25, -0.2) is 0 Å². The van der Waals surface area contributed by atoms with E-state index in [1.54, 1.807) is 12.4 Å². The van der Waals surface area contributed by atoms with Gasteiger partial charge in [0.05, 0.1) is 40.9 Å². The van der Waals surface area contributed by atoms with Gasteiger partial charge in [-0.3, -0.25) is 0 Å². The van der Waals surface area contributed by atoms with Crippen LogP contribution >= 0.6 is 22.9 Å². The van der Waals surface area contributed by atoms with Crippen LogP contribution in [0.5, 0.6) is 0 Å². The average Bonchev–Trinajstić information content (AvgIpc) is 1.90. The minimum atomic E-state index is 0.973. The minimum Gasteiger partial charge on any atom is -0.327 e. The number of nitrogens with one attached hydrogen (secondary N) is 1. The second kappa shape index (κ2) is 2.81. The topological polar surface area (TPSA) is 37.8 Å². The van der Waals surface area contributed by atoms with E-state index in [1.807, 2.05) is 28.9 Å². The first-order valence-corrected chi connectivity index (χ1v) is 3.14. The lowest BCUT2D eigenvalue weighted by molar-refractivity contribution is 1.03. The average molecular weight is 221 g/mol. The third kappa shape index (κ3) is 1.29. The molecule has 0 atom stereocenters. The smallest absolute Gasteiger partial charge is 0.0734 e. The maximum absolute atomic E-state index is 3.64. The predicted molar refractivity (Wildman–Crippen MR) is 39.7 cm³/mol. The van der Waals surface area contributed by atoms with Crippen molar-refractivity contribution in [2.75, 3.05) is 3.53 Å². The maximum Gasteiger partial charge on any atom is 0.0734 e. The van der Waals surface area contributed by atoms with Gasteiger partial charge in [-0.15, -0.1) is 0 Å². The molecule has 0 bridgehead atoms. The second-order valence-electron chi connectivity index (χ2n) is 1.23. The highest BCUT2D eigenvalue weighted by molar-refractivity contribution is 14.1. The van der Waals surface area contributed by atoms with E-state index in [9.17, 15) is 0 Å². The molecule has 0 saturated carbocycles. The SMILES string of the molecule is INc1ccnnc1. The van der Waals surface area contributed by atoms with Crippen LogP contribution in [0.3, 0.4) is 0 Å². The lowest BCUT2D eigenvalue weighted by Crippen LogP contribution is -1.81. The van der Waals surface area contributed by atoms with Gasteiger partial charge in [0.2, 0.25) is 0 Å². The van der Waals surface area contributed by atoms with Crippen molar-refractivity contribution < 1.29 is 0 Å². The van der Waals surface area contributed by atoms with Gasteiger partial charge in [0.15, 0.2) is 0 Å². The summed E-state index contributed by atoms with van der Waals surface area (Å²) in [6, 6.07) is 1.85. The van der Waals surface area contributed by atoms with Crippen LogP contribution in [-0.4, -0.2) is 10.2 Å². The fourth-order valence-corrected chi connectivity index (χ4v) is 0.666. The molecule has 0 aliphatic heterocycles. The van der Waals surface area contributed by atoms with E-state index in [1.165, 1.54) is 0 Å². The van der Waals surface area contributed by atoms with Crippen molar-refractivity contribution in [2.45, 2.75) is 0 Å². The van der Waals surface area contributed by atoms with Crippen LogP contribution in [-0.2, 0) is 0 Å². The maximum atomic E-state index is 3.64. The number of rotatable bonds is 1. The fraction of sp³-hybridized carbons (Fsp3) is 0. The largest absolute Gasteiger partial charge is 0.327 e. The highest BCUT2D eigenvalue weighted by Gasteiger charge is 1.81. The zero-order valence-electron chi connectivity index (χ0n) is 4.00. The van der Waals surface area contributed by atoms with Gasteiger partial charge >= 0.3 is 0 Å². The Morgan fingerprint density at radius 3 is 2.75 bits per heavy atom. The van der Waals surface area contributed by atoms with Crippen molar-refractivity contribution >= 4 is 28.6 Å². The Morgan fingerprint density at radius 1 is 1.50 bits per heavy atom. The van der Waals surface area contributed by atoms with E-state index in [4.69, 9.17) is 0 Å². The van der Waals surface area contributed by atoms with Crippen LogP contribution in [0.2, 0.25) is 0 Å². The predicted octanol–water partition coefficient (Wildman–Crippen LogP) is 1.24. The molecule has 0 spiro atoms. The molecule has 1 aromatic rings.